The van der Waals surface area contributed by atoms with Crippen molar-refractivity contribution >= 4 is 17.9 Å². The van der Waals surface area contributed by atoms with Gasteiger partial charge in [0.25, 0.3) is 0 Å². The minimum Gasteiger partial charge on any atom is -0.463 e. The molecule has 1 aromatic rings. The molecule has 3 rings (SSSR count). The average molecular weight is 415 g/mol. The molecule has 2 atom stereocenters. The van der Waals surface area contributed by atoms with E-state index in [0.717, 1.165) is 24.8 Å². The van der Waals surface area contributed by atoms with Gasteiger partial charge in [0.1, 0.15) is 0 Å². The average Bonchev–Trinajstić information content (AvgIpc) is 2.74. The zero-order valence-electron chi connectivity index (χ0n) is 17.6. The van der Waals surface area contributed by atoms with E-state index >= 15 is 0 Å². The maximum Gasteiger partial charge on any atom is 0.338 e. The fourth-order valence-electron chi connectivity index (χ4n) is 3.95. The number of urea groups is 1. The quantitative estimate of drug-likeness (QED) is 0.564. The van der Waals surface area contributed by atoms with Gasteiger partial charge < -0.3 is 20.7 Å². The fourth-order valence-corrected chi connectivity index (χ4v) is 3.95. The maximum atomic E-state index is 12.9. The zero-order chi connectivity index (χ0) is 21.5. The predicted octanol–water partition coefficient (Wildman–Crippen LogP) is 1.85. The lowest BCUT2D eigenvalue weighted by molar-refractivity contribution is -0.139. The Kier molecular flexibility index (Phi) is 7.46. The summed E-state index contributed by atoms with van der Waals surface area (Å²) in [6.45, 7) is 5.56. The van der Waals surface area contributed by atoms with Crippen molar-refractivity contribution in [2.75, 3.05) is 26.2 Å². The summed E-state index contributed by atoms with van der Waals surface area (Å²) in [6, 6.07) is 8.07. The van der Waals surface area contributed by atoms with Crippen molar-refractivity contribution in [1.82, 2.24) is 20.9 Å². The molecule has 2 aliphatic heterocycles. The van der Waals surface area contributed by atoms with Crippen LogP contribution in [0, 0.1) is 0 Å². The van der Waals surface area contributed by atoms with Crippen molar-refractivity contribution in [2.24, 2.45) is 0 Å². The summed E-state index contributed by atoms with van der Waals surface area (Å²) in [6.07, 6.45) is 2.66. The van der Waals surface area contributed by atoms with Crippen LogP contribution in [-0.2, 0) is 14.3 Å². The summed E-state index contributed by atoms with van der Waals surface area (Å²) in [4.78, 5) is 39.8. The molecule has 0 saturated carbocycles. The van der Waals surface area contributed by atoms with Gasteiger partial charge in [-0.2, -0.15) is 0 Å². The molecule has 1 fully saturated rings. The Morgan fingerprint density at radius 1 is 1.20 bits per heavy atom. The van der Waals surface area contributed by atoms with E-state index in [9.17, 15) is 14.4 Å². The largest absolute Gasteiger partial charge is 0.463 e. The van der Waals surface area contributed by atoms with E-state index in [4.69, 9.17) is 4.74 Å². The molecule has 30 heavy (non-hydrogen) atoms. The number of benzene rings is 1. The van der Waals surface area contributed by atoms with Crippen molar-refractivity contribution in [3.63, 3.8) is 0 Å². The molecule has 0 radical (unpaired) electrons. The van der Waals surface area contributed by atoms with Gasteiger partial charge in [-0.3, -0.25) is 9.69 Å². The lowest BCUT2D eigenvalue weighted by Crippen LogP contribution is -2.57. The Labute approximate surface area is 177 Å². The van der Waals surface area contributed by atoms with E-state index in [-0.39, 0.29) is 24.6 Å². The SMILES string of the molecule is CCCC[C@H]1C(=O)NCCN1CC1=C(C(=O)OCC)[C@@H](c2ccccc2)NC(=O)N1. The van der Waals surface area contributed by atoms with Crippen LogP contribution in [0.15, 0.2) is 41.6 Å². The number of ether oxygens (including phenoxy) is 1. The van der Waals surface area contributed by atoms with Gasteiger partial charge in [0.2, 0.25) is 5.91 Å². The second kappa shape index (κ2) is 10.2. The van der Waals surface area contributed by atoms with Gasteiger partial charge in [-0.15, -0.1) is 0 Å². The maximum absolute atomic E-state index is 12.9. The van der Waals surface area contributed by atoms with Crippen LogP contribution in [-0.4, -0.2) is 55.1 Å². The minimum atomic E-state index is -0.610. The zero-order valence-corrected chi connectivity index (χ0v) is 17.6. The summed E-state index contributed by atoms with van der Waals surface area (Å²) in [5.74, 6) is -0.478. The highest BCUT2D eigenvalue weighted by Gasteiger charge is 2.36. The van der Waals surface area contributed by atoms with Crippen LogP contribution >= 0.6 is 0 Å². The summed E-state index contributed by atoms with van der Waals surface area (Å²) < 4.78 is 5.31. The van der Waals surface area contributed by atoms with Crippen molar-refractivity contribution < 1.29 is 19.1 Å². The first-order valence-electron chi connectivity index (χ1n) is 10.6. The Bertz CT molecular complexity index is 809. The molecular formula is C22H30N4O4. The molecule has 0 aromatic heterocycles. The second-order valence-corrected chi connectivity index (χ2v) is 7.47. The number of nitrogens with zero attached hydrogens (tertiary/aromatic N) is 1. The van der Waals surface area contributed by atoms with Gasteiger partial charge in [-0.25, -0.2) is 9.59 Å². The summed E-state index contributed by atoms with van der Waals surface area (Å²) >= 11 is 0. The van der Waals surface area contributed by atoms with Crippen LogP contribution < -0.4 is 16.0 Å². The summed E-state index contributed by atoms with van der Waals surface area (Å²) in [7, 11) is 0. The summed E-state index contributed by atoms with van der Waals surface area (Å²) in [5.41, 5.74) is 1.66. The third-order valence-electron chi connectivity index (χ3n) is 5.42. The van der Waals surface area contributed by atoms with Gasteiger partial charge in [0, 0.05) is 25.3 Å². The van der Waals surface area contributed by atoms with Crippen LogP contribution in [0.1, 0.15) is 44.7 Å². The predicted molar refractivity (Wildman–Crippen MR) is 112 cm³/mol. The number of piperazine rings is 1. The number of hydrogen-bond donors (Lipinski definition) is 3. The van der Waals surface area contributed by atoms with Crippen LogP contribution in [0.4, 0.5) is 4.79 Å². The van der Waals surface area contributed by atoms with E-state index in [0.29, 0.717) is 30.9 Å². The molecule has 2 heterocycles. The molecule has 0 unspecified atom stereocenters. The van der Waals surface area contributed by atoms with Crippen LogP contribution in [0.2, 0.25) is 0 Å². The molecule has 8 nitrogen and oxygen atoms in total. The van der Waals surface area contributed by atoms with Gasteiger partial charge in [0.15, 0.2) is 0 Å². The minimum absolute atomic E-state index is 0.00662. The number of unbranched alkanes of at least 4 members (excludes halogenated alkanes) is 1. The van der Waals surface area contributed by atoms with Crippen molar-refractivity contribution in [3.8, 4) is 0 Å². The third kappa shape index (κ3) is 4.99. The standard InChI is InChI=1S/C22H30N4O4/c1-3-5-11-17-20(27)23-12-13-26(17)14-16-18(21(28)30-4-2)19(25-22(29)24-16)15-9-7-6-8-10-15/h6-10,17,19H,3-5,11-14H2,1-2H3,(H,23,27)(H2,24,25,29)/t17-,19+/m0/s1. The molecular weight excluding hydrogens is 384 g/mol. The molecule has 1 saturated heterocycles. The molecule has 0 bridgehead atoms. The molecule has 0 aliphatic carbocycles. The monoisotopic (exact) mass is 414 g/mol. The molecule has 1 aromatic carbocycles. The summed E-state index contributed by atoms with van der Waals surface area (Å²) in [5, 5.41) is 8.55. The van der Waals surface area contributed by atoms with E-state index in [1.807, 2.05) is 35.2 Å². The fraction of sp³-hybridized carbons (Fsp3) is 0.500. The molecule has 162 valence electrons. The number of esters is 1. The highest BCUT2D eigenvalue weighted by atomic mass is 16.5. The number of hydrogen-bond acceptors (Lipinski definition) is 5. The van der Waals surface area contributed by atoms with E-state index in [1.165, 1.54) is 0 Å². The lowest BCUT2D eigenvalue weighted by atomic mass is 9.94. The number of carbonyl (C=O) groups is 3. The van der Waals surface area contributed by atoms with Crippen molar-refractivity contribution in [3.05, 3.63) is 47.2 Å². The van der Waals surface area contributed by atoms with Gasteiger partial charge >= 0.3 is 12.0 Å². The molecule has 3 N–H and O–H groups in total. The number of nitrogens with one attached hydrogen (secondary N) is 3. The normalized spacial score (nSPS) is 22.2. The van der Waals surface area contributed by atoms with Crippen molar-refractivity contribution in [1.29, 1.82) is 0 Å². The molecule has 3 amide bonds. The van der Waals surface area contributed by atoms with Gasteiger partial charge in [-0.1, -0.05) is 50.1 Å². The number of amides is 3. The first-order chi connectivity index (χ1) is 14.5. The van der Waals surface area contributed by atoms with Crippen LogP contribution in [0.25, 0.3) is 0 Å². The van der Waals surface area contributed by atoms with Crippen LogP contribution in [0.5, 0.6) is 0 Å². The van der Waals surface area contributed by atoms with Gasteiger partial charge in [0.05, 0.1) is 24.3 Å². The highest BCUT2D eigenvalue weighted by molar-refractivity contribution is 5.95. The van der Waals surface area contributed by atoms with Crippen LogP contribution in [0.3, 0.4) is 0 Å². The molecule has 2 aliphatic rings. The molecule has 0 spiro atoms. The Balaban J connectivity index is 1.96. The number of carbonyl (C=O) groups excluding carboxylic acids is 3. The third-order valence-corrected chi connectivity index (χ3v) is 5.42. The Morgan fingerprint density at radius 3 is 2.67 bits per heavy atom. The molecule has 8 heteroatoms. The van der Waals surface area contributed by atoms with Crippen molar-refractivity contribution in [2.45, 2.75) is 45.2 Å². The Hall–Kier alpha value is -2.87. The van der Waals surface area contributed by atoms with E-state index in [1.54, 1.807) is 6.92 Å². The highest BCUT2D eigenvalue weighted by Crippen LogP contribution is 2.28. The lowest BCUT2D eigenvalue weighted by Gasteiger charge is -2.37. The van der Waals surface area contributed by atoms with Gasteiger partial charge in [-0.05, 0) is 18.9 Å². The first-order valence-corrected chi connectivity index (χ1v) is 10.6. The first kappa shape index (κ1) is 21.8. The second-order valence-electron chi connectivity index (χ2n) is 7.47. The van der Waals surface area contributed by atoms with E-state index in [2.05, 4.69) is 22.9 Å². The number of rotatable bonds is 8. The topological polar surface area (TPSA) is 99.8 Å². The van der Waals surface area contributed by atoms with E-state index < -0.39 is 12.0 Å². The Morgan fingerprint density at radius 2 is 1.97 bits per heavy atom. The smallest absolute Gasteiger partial charge is 0.338 e.